The quantitative estimate of drug-likeness (QED) is 0.464. The highest BCUT2D eigenvalue weighted by Crippen LogP contribution is 2.32. The van der Waals surface area contributed by atoms with Crippen LogP contribution in [-0.4, -0.2) is 16.8 Å². The van der Waals surface area contributed by atoms with E-state index in [2.05, 4.69) is 6.92 Å². The minimum Gasteiger partial charge on any atom is -0.490 e. The highest BCUT2D eigenvalue weighted by molar-refractivity contribution is 5.97. The molecule has 0 aromatic heterocycles. The number of hydrogen-bond donors (Lipinski definition) is 0. The van der Waals surface area contributed by atoms with E-state index in [4.69, 9.17) is 4.74 Å². The van der Waals surface area contributed by atoms with Gasteiger partial charge in [0, 0.05) is 12.1 Å². The third-order valence-corrected chi connectivity index (χ3v) is 4.16. The van der Waals surface area contributed by atoms with E-state index in [0.717, 1.165) is 25.7 Å². The van der Waals surface area contributed by atoms with E-state index in [9.17, 15) is 14.9 Å². The van der Waals surface area contributed by atoms with E-state index in [1.54, 1.807) is 6.07 Å². The summed E-state index contributed by atoms with van der Waals surface area (Å²) >= 11 is 0. The van der Waals surface area contributed by atoms with Crippen molar-refractivity contribution in [1.29, 1.82) is 0 Å². The molecule has 0 saturated heterocycles. The number of ketones is 1. The Morgan fingerprint density at radius 3 is 2.81 bits per heavy atom. The van der Waals surface area contributed by atoms with Crippen LogP contribution in [-0.2, 0) is 0 Å². The standard InChI is InChI=1S/C16H21NO4/c1-3-12-5-4-6-14(9-12)21-16-8-7-13(17(19)20)10-15(16)11(2)18/h7-8,10,12,14H,3-6,9H2,1-2H3. The van der Waals surface area contributed by atoms with Crippen LogP contribution in [0.15, 0.2) is 18.2 Å². The summed E-state index contributed by atoms with van der Waals surface area (Å²) in [5.74, 6) is 0.925. The van der Waals surface area contributed by atoms with Crippen molar-refractivity contribution in [3.8, 4) is 5.75 Å². The first-order chi connectivity index (χ1) is 10.0. The Labute approximate surface area is 124 Å². The zero-order valence-electron chi connectivity index (χ0n) is 12.5. The highest BCUT2D eigenvalue weighted by atomic mass is 16.6. The van der Waals surface area contributed by atoms with E-state index in [0.29, 0.717) is 17.2 Å². The number of nitro groups is 1. The molecule has 0 aliphatic heterocycles. The highest BCUT2D eigenvalue weighted by Gasteiger charge is 2.24. The molecule has 0 N–H and O–H groups in total. The number of non-ortho nitro benzene ring substituents is 1. The second kappa shape index (κ2) is 6.70. The van der Waals surface area contributed by atoms with Gasteiger partial charge in [-0.2, -0.15) is 0 Å². The van der Waals surface area contributed by atoms with Crippen LogP contribution in [0.1, 0.15) is 56.3 Å². The zero-order valence-corrected chi connectivity index (χ0v) is 12.5. The molecule has 0 radical (unpaired) electrons. The molecule has 5 heteroatoms. The van der Waals surface area contributed by atoms with Gasteiger partial charge < -0.3 is 4.74 Å². The van der Waals surface area contributed by atoms with E-state index in [1.807, 2.05) is 0 Å². The van der Waals surface area contributed by atoms with Crippen LogP contribution >= 0.6 is 0 Å². The molecule has 0 amide bonds. The molecule has 2 rings (SSSR count). The summed E-state index contributed by atoms with van der Waals surface area (Å²) in [6.45, 7) is 3.58. The van der Waals surface area contributed by atoms with Crippen LogP contribution in [0.3, 0.4) is 0 Å². The Hall–Kier alpha value is -1.91. The van der Waals surface area contributed by atoms with Crippen LogP contribution in [0.5, 0.6) is 5.75 Å². The number of benzene rings is 1. The maximum absolute atomic E-state index is 11.7. The maximum atomic E-state index is 11.7. The monoisotopic (exact) mass is 291 g/mol. The van der Waals surface area contributed by atoms with Gasteiger partial charge in [-0.1, -0.05) is 19.8 Å². The zero-order chi connectivity index (χ0) is 15.4. The summed E-state index contributed by atoms with van der Waals surface area (Å²) in [7, 11) is 0. The molecule has 0 heterocycles. The molecule has 0 bridgehead atoms. The molecule has 1 saturated carbocycles. The van der Waals surface area contributed by atoms with Crippen LogP contribution < -0.4 is 4.74 Å². The fourth-order valence-electron chi connectivity index (χ4n) is 2.91. The topological polar surface area (TPSA) is 69.4 Å². The number of hydrogen-bond acceptors (Lipinski definition) is 4. The van der Waals surface area contributed by atoms with Gasteiger partial charge in [-0.15, -0.1) is 0 Å². The SMILES string of the molecule is CCC1CCCC(Oc2ccc([N+](=O)[O-])cc2C(C)=O)C1. The Morgan fingerprint density at radius 2 is 2.19 bits per heavy atom. The summed E-state index contributed by atoms with van der Waals surface area (Å²) in [5.41, 5.74) is 0.213. The fraction of sp³-hybridized carbons (Fsp3) is 0.562. The molecule has 21 heavy (non-hydrogen) atoms. The molecule has 114 valence electrons. The molecule has 1 aromatic carbocycles. The fourth-order valence-corrected chi connectivity index (χ4v) is 2.91. The number of ether oxygens (including phenoxy) is 1. The summed E-state index contributed by atoms with van der Waals surface area (Å²) in [6, 6.07) is 4.24. The molecule has 2 unspecified atom stereocenters. The van der Waals surface area contributed by atoms with Crippen LogP contribution in [0.25, 0.3) is 0 Å². The molecule has 1 aromatic rings. The Morgan fingerprint density at radius 1 is 1.43 bits per heavy atom. The predicted octanol–water partition coefficient (Wildman–Crippen LogP) is 4.15. The minimum atomic E-state index is -0.496. The lowest BCUT2D eigenvalue weighted by Gasteiger charge is -2.29. The smallest absolute Gasteiger partial charge is 0.270 e. The number of Topliss-reactive ketones (excluding diaryl/α,β-unsaturated/α-hetero) is 1. The summed E-state index contributed by atoms with van der Waals surface area (Å²) in [5, 5.41) is 10.8. The first-order valence-corrected chi connectivity index (χ1v) is 7.47. The van der Waals surface area contributed by atoms with Gasteiger partial charge in [0.15, 0.2) is 5.78 Å². The molecule has 0 spiro atoms. The lowest BCUT2D eigenvalue weighted by molar-refractivity contribution is -0.384. The van der Waals surface area contributed by atoms with E-state index in [-0.39, 0.29) is 17.6 Å². The summed E-state index contributed by atoms with van der Waals surface area (Å²) in [6.07, 6.45) is 5.57. The Kier molecular flexibility index (Phi) is 4.94. The first kappa shape index (κ1) is 15.5. The van der Waals surface area contributed by atoms with Gasteiger partial charge in [-0.3, -0.25) is 14.9 Å². The minimum absolute atomic E-state index is 0.0809. The van der Waals surface area contributed by atoms with Crippen molar-refractivity contribution >= 4 is 11.5 Å². The predicted molar refractivity (Wildman–Crippen MR) is 79.8 cm³/mol. The van der Waals surface area contributed by atoms with Gasteiger partial charge in [0.05, 0.1) is 16.6 Å². The average molecular weight is 291 g/mol. The number of carbonyl (C=O) groups excluding carboxylic acids is 1. The molecule has 1 fully saturated rings. The van der Waals surface area contributed by atoms with Crippen LogP contribution in [0.4, 0.5) is 5.69 Å². The normalized spacial score (nSPS) is 21.8. The van der Waals surface area contributed by atoms with Gasteiger partial charge in [0.1, 0.15) is 5.75 Å². The molecule has 5 nitrogen and oxygen atoms in total. The van der Waals surface area contributed by atoms with Crippen molar-refractivity contribution < 1.29 is 14.5 Å². The number of nitro benzene ring substituents is 1. The van der Waals surface area contributed by atoms with E-state index < -0.39 is 4.92 Å². The summed E-state index contributed by atoms with van der Waals surface area (Å²) < 4.78 is 5.97. The maximum Gasteiger partial charge on any atom is 0.270 e. The van der Waals surface area contributed by atoms with Gasteiger partial charge in [-0.25, -0.2) is 0 Å². The van der Waals surface area contributed by atoms with Gasteiger partial charge in [0.25, 0.3) is 5.69 Å². The Bertz CT molecular complexity index is 541. The van der Waals surface area contributed by atoms with Gasteiger partial charge in [0.2, 0.25) is 0 Å². The first-order valence-electron chi connectivity index (χ1n) is 7.47. The van der Waals surface area contributed by atoms with Crippen molar-refractivity contribution in [2.75, 3.05) is 0 Å². The third kappa shape index (κ3) is 3.80. The van der Waals surface area contributed by atoms with E-state index in [1.165, 1.54) is 25.5 Å². The molecule has 1 aliphatic rings. The van der Waals surface area contributed by atoms with Crippen molar-refractivity contribution in [1.82, 2.24) is 0 Å². The molecular formula is C16H21NO4. The third-order valence-electron chi connectivity index (χ3n) is 4.16. The van der Waals surface area contributed by atoms with Gasteiger partial charge >= 0.3 is 0 Å². The van der Waals surface area contributed by atoms with Gasteiger partial charge in [-0.05, 0) is 38.2 Å². The summed E-state index contributed by atoms with van der Waals surface area (Å²) in [4.78, 5) is 22.0. The van der Waals surface area contributed by atoms with Crippen LogP contribution in [0, 0.1) is 16.0 Å². The van der Waals surface area contributed by atoms with Crippen molar-refractivity contribution in [3.05, 3.63) is 33.9 Å². The van der Waals surface area contributed by atoms with Crippen LogP contribution in [0.2, 0.25) is 0 Å². The lowest BCUT2D eigenvalue weighted by Crippen LogP contribution is -2.25. The van der Waals surface area contributed by atoms with E-state index >= 15 is 0 Å². The molecule has 2 atom stereocenters. The van der Waals surface area contributed by atoms with Crippen molar-refractivity contribution in [2.24, 2.45) is 5.92 Å². The van der Waals surface area contributed by atoms with Crippen molar-refractivity contribution in [3.63, 3.8) is 0 Å². The Balaban J connectivity index is 2.19. The van der Waals surface area contributed by atoms with Crippen molar-refractivity contribution in [2.45, 2.75) is 52.1 Å². The second-order valence-electron chi connectivity index (χ2n) is 5.67. The molecule has 1 aliphatic carbocycles. The lowest BCUT2D eigenvalue weighted by atomic mass is 9.85. The molecular weight excluding hydrogens is 270 g/mol. The second-order valence-corrected chi connectivity index (χ2v) is 5.67. The number of nitrogens with zero attached hydrogens (tertiary/aromatic N) is 1. The number of carbonyl (C=O) groups is 1. The number of rotatable bonds is 5. The largest absolute Gasteiger partial charge is 0.490 e. The average Bonchev–Trinajstić information content (AvgIpc) is 2.47.